The predicted octanol–water partition coefficient (Wildman–Crippen LogP) is 2.38. The molecule has 0 aliphatic carbocycles. The fraction of sp³-hybridized carbons (Fsp3) is 0.538. The summed E-state index contributed by atoms with van der Waals surface area (Å²) in [6.07, 6.45) is 1.06. The minimum absolute atomic E-state index is 0.0507. The molecule has 0 spiro atoms. The normalized spacial score (nSPS) is 20.8. The van der Waals surface area contributed by atoms with Crippen LogP contribution in [0.1, 0.15) is 25.0 Å². The van der Waals surface area contributed by atoms with E-state index in [0.29, 0.717) is 6.61 Å². The van der Waals surface area contributed by atoms with Crippen LogP contribution in [0.25, 0.3) is 0 Å². The number of nitrogens with zero attached hydrogens (tertiary/aromatic N) is 2. The highest BCUT2D eigenvalue weighted by Gasteiger charge is 2.22. The number of hydrogen-bond donors (Lipinski definition) is 0. The van der Waals surface area contributed by atoms with Crippen molar-refractivity contribution in [2.24, 2.45) is 0 Å². The van der Waals surface area contributed by atoms with E-state index in [9.17, 15) is 10.1 Å². The molecule has 1 saturated heterocycles. The molecule has 1 fully saturated rings. The minimum atomic E-state index is -0.365. The van der Waals surface area contributed by atoms with Crippen molar-refractivity contribution in [2.45, 2.75) is 19.4 Å². The third-order valence-electron chi connectivity index (χ3n) is 3.14. The van der Waals surface area contributed by atoms with Crippen molar-refractivity contribution >= 4 is 5.69 Å². The first-order valence-corrected chi connectivity index (χ1v) is 6.29. The maximum atomic E-state index is 10.8. The van der Waals surface area contributed by atoms with Crippen LogP contribution in [-0.4, -0.2) is 36.1 Å². The Morgan fingerprint density at radius 1 is 1.56 bits per heavy atom. The molecule has 0 radical (unpaired) electrons. The van der Waals surface area contributed by atoms with Crippen molar-refractivity contribution in [3.05, 3.63) is 39.9 Å². The standard InChI is InChI=1S/C13H18N2O3/c1-2-6-14-7-8-18-13(10-14)11-4-3-5-12(9-11)15(16)17/h3-5,9,13H,2,6-8,10H2,1H3. The number of hydrogen-bond acceptors (Lipinski definition) is 4. The lowest BCUT2D eigenvalue weighted by atomic mass is 10.1. The fourth-order valence-corrected chi connectivity index (χ4v) is 2.26. The topological polar surface area (TPSA) is 55.6 Å². The molecule has 0 bridgehead atoms. The Labute approximate surface area is 107 Å². The summed E-state index contributed by atoms with van der Waals surface area (Å²) in [4.78, 5) is 12.7. The molecule has 2 rings (SSSR count). The van der Waals surface area contributed by atoms with Gasteiger partial charge in [-0.3, -0.25) is 15.0 Å². The van der Waals surface area contributed by atoms with Gasteiger partial charge in [0.2, 0.25) is 0 Å². The van der Waals surface area contributed by atoms with Crippen LogP contribution in [-0.2, 0) is 4.74 Å². The van der Waals surface area contributed by atoms with E-state index in [1.54, 1.807) is 12.1 Å². The number of morpholine rings is 1. The third kappa shape index (κ3) is 3.05. The van der Waals surface area contributed by atoms with Crippen LogP contribution in [0.15, 0.2) is 24.3 Å². The molecule has 1 aromatic carbocycles. The second-order valence-corrected chi connectivity index (χ2v) is 4.51. The molecule has 1 unspecified atom stereocenters. The number of ether oxygens (including phenoxy) is 1. The molecule has 1 atom stereocenters. The van der Waals surface area contributed by atoms with Crippen LogP contribution in [0.5, 0.6) is 0 Å². The fourth-order valence-electron chi connectivity index (χ4n) is 2.26. The molecule has 1 heterocycles. The van der Waals surface area contributed by atoms with E-state index < -0.39 is 0 Å². The van der Waals surface area contributed by atoms with Gasteiger partial charge in [0.1, 0.15) is 0 Å². The van der Waals surface area contributed by atoms with Gasteiger partial charge in [0.25, 0.3) is 5.69 Å². The second kappa shape index (κ2) is 5.93. The van der Waals surface area contributed by atoms with E-state index in [4.69, 9.17) is 4.74 Å². The molecule has 5 heteroatoms. The molecular formula is C13H18N2O3. The summed E-state index contributed by atoms with van der Waals surface area (Å²) >= 11 is 0. The molecular weight excluding hydrogens is 232 g/mol. The van der Waals surface area contributed by atoms with Gasteiger partial charge in [0.05, 0.1) is 17.6 Å². The zero-order chi connectivity index (χ0) is 13.0. The van der Waals surface area contributed by atoms with E-state index in [-0.39, 0.29) is 16.7 Å². The average molecular weight is 250 g/mol. The summed E-state index contributed by atoms with van der Waals surface area (Å²) in [6.45, 7) is 5.65. The monoisotopic (exact) mass is 250 g/mol. The number of non-ortho nitro benzene ring substituents is 1. The molecule has 1 aliphatic rings. The van der Waals surface area contributed by atoms with Crippen molar-refractivity contribution in [2.75, 3.05) is 26.2 Å². The Hall–Kier alpha value is -1.46. The highest BCUT2D eigenvalue weighted by molar-refractivity contribution is 5.35. The van der Waals surface area contributed by atoms with Crippen LogP contribution in [0.2, 0.25) is 0 Å². The molecule has 1 aliphatic heterocycles. The van der Waals surface area contributed by atoms with Crippen LogP contribution in [0, 0.1) is 10.1 Å². The lowest BCUT2D eigenvalue weighted by Gasteiger charge is -2.32. The summed E-state index contributed by atoms with van der Waals surface area (Å²) in [7, 11) is 0. The van der Waals surface area contributed by atoms with Crippen molar-refractivity contribution in [1.82, 2.24) is 4.90 Å². The Bertz CT molecular complexity index is 420. The second-order valence-electron chi connectivity index (χ2n) is 4.51. The van der Waals surface area contributed by atoms with E-state index >= 15 is 0 Å². The van der Waals surface area contributed by atoms with Gasteiger partial charge < -0.3 is 4.74 Å². The van der Waals surface area contributed by atoms with Crippen molar-refractivity contribution in [3.8, 4) is 0 Å². The molecule has 0 aromatic heterocycles. The zero-order valence-electron chi connectivity index (χ0n) is 10.5. The first-order chi connectivity index (χ1) is 8.70. The molecule has 0 amide bonds. The quantitative estimate of drug-likeness (QED) is 0.608. The molecule has 1 aromatic rings. The van der Waals surface area contributed by atoms with Gasteiger partial charge >= 0.3 is 0 Å². The number of nitro groups is 1. The van der Waals surface area contributed by atoms with Crippen molar-refractivity contribution < 1.29 is 9.66 Å². The number of nitro benzene ring substituents is 1. The molecule has 18 heavy (non-hydrogen) atoms. The molecule has 0 N–H and O–H groups in total. The van der Waals surface area contributed by atoms with Gasteiger partial charge in [-0.05, 0) is 18.5 Å². The lowest BCUT2D eigenvalue weighted by Crippen LogP contribution is -2.38. The molecule has 5 nitrogen and oxygen atoms in total. The Balaban J connectivity index is 2.10. The van der Waals surface area contributed by atoms with Gasteiger partial charge in [-0.2, -0.15) is 0 Å². The Kier molecular flexibility index (Phi) is 4.28. The van der Waals surface area contributed by atoms with Gasteiger partial charge in [-0.1, -0.05) is 19.1 Å². The summed E-state index contributed by atoms with van der Waals surface area (Å²) < 4.78 is 5.71. The van der Waals surface area contributed by atoms with E-state index in [1.165, 1.54) is 6.07 Å². The maximum absolute atomic E-state index is 10.8. The van der Waals surface area contributed by atoms with Crippen molar-refractivity contribution in [1.29, 1.82) is 0 Å². The van der Waals surface area contributed by atoms with Crippen LogP contribution in [0.4, 0.5) is 5.69 Å². The smallest absolute Gasteiger partial charge is 0.269 e. The maximum Gasteiger partial charge on any atom is 0.269 e. The van der Waals surface area contributed by atoms with Gasteiger partial charge in [-0.15, -0.1) is 0 Å². The molecule has 98 valence electrons. The van der Waals surface area contributed by atoms with Crippen LogP contribution in [0.3, 0.4) is 0 Å². The number of rotatable bonds is 4. The van der Waals surface area contributed by atoms with Gasteiger partial charge in [0.15, 0.2) is 0 Å². The van der Waals surface area contributed by atoms with E-state index in [1.807, 2.05) is 6.07 Å². The third-order valence-corrected chi connectivity index (χ3v) is 3.14. The summed E-state index contributed by atoms with van der Waals surface area (Å²) in [5.41, 5.74) is 1.02. The minimum Gasteiger partial charge on any atom is -0.371 e. The van der Waals surface area contributed by atoms with Crippen LogP contribution >= 0.6 is 0 Å². The van der Waals surface area contributed by atoms with E-state index in [2.05, 4.69) is 11.8 Å². The van der Waals surface area contributed by atoms with Crippen LogP contribution < -0.4 is 0 Å². The Morgan fingerprint density at radius 3 is 3.11 bits per heavy atom. The largest absolute Gasteiger partial charge is 0.371 e. The highest BCUT2D eigenvalue weighted by atomic mass is 16.6. The zero-order valence-corrected chi connectivity index (χ0v) is 10.5. The summed E-state index contributed by atoms with van der Waals surface area (Å²) in [5, 5.41) is 10.8. The Morgan fingerprint density at radius 2 is 2.39 bits per heavy atom. The van der Waals surface area contributed by atoms with Gasteiger partial charge in [-0.25, -0.2) is 0 Å². The average Bonchev–Trinajstić information content (AvgIpc) is 2.39. The highest BCUT2D eigenvalue weighted by Crippen LogP contribution is 2.25. The summed E-state index contributed by atoms with van der Waals surface area (Å²) in [5.74, 6) is 0. The van der Waals surface area contributed by atoms with Gasteiger partial charge in [0, 0.05) is 25.2 Å². The summed E-state index contributed by atoms with van der Waals surface area (Å²) in [6, 6.07) is 6.74. The SMILES string of the molecule is CCCN1CCOC(c2cccc([N+](=O)[O-])c2)C1. The van der Waals surface area contributed by atoms with E-state index in [0.717, 1.165) is 31.6 Å². The first kappa shape index (κ1) is 13.0. The predicted molar refractivity (Wildman–Crippen MR) is 68.5 cm³/mol. The lowest BCUT2D eigenvalue weighted by molar-refractivity contribution is -0.385. The first-order valence-electron chi connectivity index (χ1n) is 6.29. The molecule has 0 saturated carbocycles. The number of benzene rings is 1. The van der Waals surface area contributed by atoms with Crippen molar-refractivity contribution in [3.63, 3.8) is 0 Å².